The van der Waals surface area contributed by atoms with Gasteiger partial charge in [0, 0.05) is 51.3 Å². The second-order valence-electron chi connectivity index (χ2n) is 8.69. The van der Waals surface area contributed by atoms with Crippen molar-refractivity contribution in [1.82, 2.24) is 19.8 Å². The molecule has 1 aromatic carbocycles. The monoisotopic (exact) mass is 410 g/mol. The van der Waals surface area contributed by atoms with Gasteiger partial charge in [-0.05, 0) is 11.5 Å². The molecule has 1 saturated heterocycles. The Hall–Kier alpha value is -2.67. The van der Waals surface area contributed by atoms with Crippen LogP contribution in [-0.2, 0) is 33.0 Å². The van der Waals surface area contributed by atoms with Crippen molar-refractivity contribution in [3.63, 3.8) is 0 Å². The van der Waals surface area contributed by atoms with Crippen molar-refractivity contribution in [3.05, 3.63) is 54.1 Å². The van der Waals surface area contributed by atoms with Crippen LogP contribution in [0.15, 0.2) is 42.7 Å². The molecule has 0 saturated carbocycles. The second-order valence-corrected chi connectivity index (χ2v) is 8.69. The zero-order valence-electron chi connectivity index (χ0n) is 17.7. The fourth-order valence-corrected chi connectivity index (χ4v) is 4.37. The van der Waals surface area contributed by atoms with Crippen LogP contribution in [0.3, 0.4) is 0 Å². The lowest BCUT2D eigenvalue weighted by Gasteiger charge is -2.45. The highest BCUT2D eigenvalue weighted by atomic mass is 16.5. The first kappa shape index (κ1) is 20.6. The maximum Gasteiger partial charge on any atom is 0.251 e. The van der Waals surface area contributed by atoms with Crippen molar-refractivity contribution in [2.75, 3.05) is 13.1 Å². The predicted molar refractivity (Wildman–Crippen MR) is 112 cm³/mol. The third kappa shape index (κ3) is 4.26. The van der Waals surface area contributed by atoms with E-state index < -0.39 is 11.7 Å². The number of piperidine rings is 1. The van der Waals surface area contributed by atoms with E-state index in [0.717, 1.165) is 11.4 Å². The molecular weight excluding hydrogens is 380 g/mol. The average Bonchev–Trinajstić information content (AvgIpc) is 3.22. The van der Waals surface area contributed by atoms with E-state index in [9.17, 15) is 9.59 Å². The number of rotatable bonds is 5. The molecule has 1 unspecified atom stereocenters. The van der Waals surface area contributed by atoms with Gasteiger partial charge in [0.2, 0.25) is 5.91 Å². The van der Waals surface area contributed by atoms with Gasteiger partial charge in [-0.2, -0.15) is 0 Å². The topological polar surface area (TPSA) is 76.5 Å². The molecule has 2 aromatic rings. The molecule has 7 heteroatoms. The van der Waals surface area contributed by atoms with Gasteiger partial charge in [0.05, 0.1) is 6.54 Å². The number of fused-ring (bicyclic) bond motifs is 2. The maximum absolute atomic E-state index is 12.9. The SMILES string of the molecule is CC(C)CC(=O)N1CCC2(CC1)OC(C(=O)NCc1ccccc1)Cn1ccnc12. The number of imidazole rings is 1. The Labute approximate surface area is 177 Å². The van der Waals surface area contributed by atoms with Gasteiger partial charge in [-0.1, -0.05) is 44.2 Å². The first-order valence-electron chi connectivity index (χ1n) is 10.8. The number of likely N-dealkylation sites (tertiary alicyclic amines) is 1. The van der Waals surface area contributed by atoms with Gasteiger partial charge in [-0.3, -0.25) is 9.59 Å². The van der Waals surface area contributed by atoms with E-state index in [2.05, 4.69) is 24.1 Å². The Bertz CT molecular complexity index is 885. The van der Waals surface area contributed by atoms with E-state index in [1.165, 1.54) is 0 Å². The van der Waals surface area contributed by atoms with Gasteiger partial charge in [-0.15, -0.1) is 0 Å². The standard InChI is InChI=1S/C23H30N4O3/c1-17(2)14-20(28)26-11-8-23(9-12-26)22-24-10-13-27(22)16-19(30-23)21(29)25-15-18-6-4-3-5-7-18/h3-7,10,13,17,19H,8-9,11-12,14-16H2,1-2H3,(H,25,29). The molecule has 0 aliphatic carbocycles. The number of hydrogen-bond acceptors (Lipinski definition) is 4. The first-order chi connectivity index (χ1) is 14.5. The minimum absolute atomic E-state index is 0.115. The van der Waals surface area contributed by atoms with Crippen molar-refractivity contribution in [3.8, 4) is 0 Å². The summed E-state index contributed by atoms with van der Waals surface area (Å²) in [6.07, 6.45) is 4.96. The normalized spacial score (nSPS) is 20.2. The molecule has 1 N–H and O–H groups in total. The van der Waals surface area contributed by atoms with Crippen LogP contribution in [0.25, 0.3) is 0 Å². The quantitative estimate of drug-likeness (QED) is 0.822. The summed E-state index contributed by atoms with van der Waals surface area (Å²) >= 11 is 0. The van der Waals surface area contributed by atoms with Crippen molar-refractivity contribution in [2.24, 2.45) is 5.92 Å². The smallest absolute Gasteiger partial charge is 0.251 e. The summed E-state index contributed by atoms with van der Waals surface area (Å²) in [6.45, 7) is 6.29. The molecule has 1 spiro atoms. The van der Waals surface area contributed by atoms with Gasteiger partial charge >= 0.3 is 0 Å². The molecular formula is C23H30N4O3. The molecule has 2 aliphatic heterocycles. The van der Waals surface area contributed by atoms with E-state index in [1.807, 2.05) is 46.0 Å². The van der Waals surface area contributed by atoms with Gasteiger partial charge in [0.25, 0.3) is 5.91 Å². The molecule has 4 rings (SSSR count). The Balaban J connectivity index is 1.44. The van der Waals surface area contributed by atoms with Crippen LogP contribution in [0.2, 0.25) is 0 Å². The Morgan fingerprint density at radius 2 is 1.97 bits per heavy atom. The van der Waals surface area contributed by atoms with Crippen LogP contribution in [-0.4, -0.2) is 45.5 Å². The lowest BCUT2D eigenvalue weighted by molar-refractivity contribution is -0.176. The fraction of sp³-hybridized carbons (Fsp3) is 0.522. The van der Waals surface area contributed by atoms with Crippen LogP contribution in [0.4, 0.5) is 0 Å². The number of ether oxygens (including phenoxy) is 1. The number of amides is 2. The van der Waals surface area contributed by atoms with Crippen molar-refractivity contribution in [1.29, 1.82) is 0 Å². The van der Waals surface area contributed by atoms with Crippen molar-refractivity contribution in [2.45, 2.75) is 57.9 Å². The number of nitrogens with zero attached hydrogens (tertiary/aromatic N) is 3. The molecule has 0 bridgehead atoms. The molecule has 7 nitrogen and oxygen atoms in total. The number of benzene rings is 1. The molecule has 2 amide bonds. The lowest BCUT2D eigenvalue weighted by Crippen LogP contribution is -2.54. The largest absolute Gasteiger partial charge is 0.352 e. The van der Waals surface area contributed by atoms with E-state index >= 15 is 0 Å². The summed E-state index contributed by atoms with van der Waals surface area (Å²) in [5.74, 6) is 1.29. The van der Waals surface area contributed by atoms with Gasteiger partial charge in [0.1, 0.15) is 11.4 Å². The third-order valence-corrected chi connectivity index (χ3v) is 5.96. The molecule has 1 fully saturated rings. The van der Waals surface area contributed by atoms with Crippen LogP contribution in [0.5, 0.6) is 0 Å². The van der Waals surface area contributed by atoms with Gasteiger partial charge < -0.3 is 19.5 Å². The second kappa shape index (κ2) is 8.60. The highest BCUT2D eigenvalue weighted by molar-refractivity contribution is 5.81. The minimum Gasteiger partial charge on any atom is -0.352 e. The highest BCUT2D eigenvalue weighted by Crippen LogP contribution is 2.40. The number of aromatic nitrogens is 2. The summed E-state index contributed by atoms with van der Waals surface area (Å²) in [5.41, 5.74) is 0.433. The predicted octanol–water partition coefficient (Wildman–Crippen LogP) is 2.46. The zero-order chi connectivity index (χ0) is 21.1. The third-order valence-electron chi connectivity index (χ3n) is 5.96. The molecule has 2 aliphatic rings. The first-order valence-corrected chi connectivity index (χ1v) is 10.8. The van der Waals surface area contributed by atoms with Gasteiger partial charge in [0.15, 0.2) is 6.10 Å². The molecule has 30 heavy (non-hydrogen) atoms. The molecule has 1 atom stereocenters. The molecule has 1 aromatic heterocycles. The number of nitrogens with one attached hydrogen (secondary N) is 1. The van der Waals surface area contributed by atoms with Crippen LogP contribution >= 0.6 is 0 Å². The van der Waals surface area contributed by atoms with E-state index in [-0.39, 0.29) is 11.8 Å². The van der Waals surface area contributed by atoms with E-state index in [1.54, 1.807) is 6.20 Å². The number of carbonyl (C=O) groups is 2. The summed E-state index contributed by atoms with van der Waals surface area (Å²) in [5, 5.41) is 3.00. The highest BCUT2D eigenvalue weighted by Gasteiger charge is 2.47. The molecule has 160 valence electrons. The number of carbonyl (C=O) groups excluding carboxylic acids is 2. The van der Waals surface area contributed by atoms with Crippen molar-refractivity contribution < 1.29 is 14.3 Å². The summed E-state index contributed by atoms with van der Waals surface area (Å²) in [4.78, 5) is 31.8. The van der Waals surface area contributed by atoms with Crippen LogP contribution in [0.1, 0.15) is 44.5 Å². The van der Waals surface area contributed by atoms with Crippen molar-refractivity contribution >= 4 is 11.8 Å². The summed E-state index contributed by atoms with van der Waals surface area (Å²) in [6, 6.07) is 9.85. The Kier molecular flexibility index (Phi) is 5.90. The lowest BCUT2D eigenvalue weighted by atomic mass is 9.88. The summed E-state index contributed by atoms with van der Waals surface area (Å²) < 4.78 is 8.46. The van der Waals surface area contributed by atoms with E-state index in [4.69, 9.17) is 4.74 Å². The summed E-state index contributed by atoms with van der Waals surface area (Å²) in [7, 11) is 0. The minimum atomic E-state index is -0.620. The maximum atomic E-state index is 12.9. The Morgan fingerprint density at radius 1 is 1.23 bits per heavy atom. The van der Waals surface area contributed by atoms with E-state index in [0.29, 0.717) is 51.4 Å². The Morgan fingerprint density at radius 3 is 2.67 bits per heavy atom. The zero-order valence-corrected chi connectivity index (χ0v) is 17.7. The van der Waals surface area contributed by atoms with Gasteiger partial charge in [-0.25, -0.2) is 4.98 Å². The van der Waals surface area contributed by atoms with Crippen LogP contribution < -0.4 is 5.32 Å². The fourth-order valence-electron chi connectivity index (χ4n) is 4.37. The van der Waals surface area contributed by atoms with Crippen LogP contribution in [0, 0.1) is 5.92 Å². The average molecular weight is 411 g/mol. The number of hydrogen-bond donors (Lipinski definition) is 1. The molecule has 0 radical (unpaired) electrons. The molecule has 3 heterocycles.